The van der Waals surface area contributed by atoms with Crippen LogP contribution in [0.15, 0.2) is 23.4 Å². The molecule has 1 aromatic heterocycles. The number of pyridine rings is 1. The molecular weight excluding hydrogens is 206 g/mol. The van der Waals surface area contributed by atoms with Crippen LogP contribution in [0.5, 0.6) is 0 Å². The van der Waals surface area contributed by atoms with Gasteiger partial charge in [0.2, 0.25) is 0 Å². The lowest BCUT2D eigenvalue weighted by Gasteiger charge is -2.02. The van der Waals surface area contributed by atoms with Crippen LogP contribution in [0.25, 0.3) is 0 Å². The van der Waals surface area contributed by atoms with Crippen LogP contribution in [0.1, 0.15) is 13.3 Å². The van der Waals surface area contributed by atoms with Crippen molar-refractivity contribution in [2.24, 2.45) is 0 Å². The largest absolute Gasteiger partial charge is 0.393 e. The average Bonchev–Trinajstić information content (AvgIpc) is 2.08. The van der Waals surface area contributed by atoms with Gasteiger partial charge in [0.1, 0.15) is 0 Å². The van der Waals surface area contributed by atoms with E-state index in [1.807, 2.05) is 12.1 Å². The Morgan fingerprint density at radius 2 is 2.38 bits per heavy atom. The van der Waals surface area contributed by atoms with Gasteiger partial charge in [-0.2, -0.15) is 0 Å². The van der Waals surface area contributed by atoms with Crippen molar-refractivity contribution in [3.05, 3.63) is 23.4 Å². The number of hydrogen-bond donors (Lipinski definition) is 1. The predicted octanol–water partition coefficient (Wildman–Crippen LogP) is 2.60. The number of hydrogen-bond acceptors (Lipinski definition) is 3. The van der Waals surface area contributed by atoms with Crippen LogP contribution in [0.4, 0.5) is 0 Å². The molecule has 1 aromatic rings. The monoisotopic (exact) mass is 217 g/mol. The third kappa shape index (κ3) is 4.50. The highest BCUT2D eigenvalue weighted by molar-refractivity contribution is 7.99. The summed E-state index contributed by atoms with van der Waals surface area (Å²) < 4.78 is 0. The molecule has 1 rings (SSSR count). The van der Waals surface area contributed by atoms with Gasteiger partial charge in [-0.15, -0.1) is 11.8 Å². The van der Waals surface area contributed by atoms with Gasteiger partial charge in [0.05, 0.1) is 16.2 Å². The van der Waals surface area contributed by atoms with Crippen LogP contribution in [-0.4, -0.2) is 21.9 Å². The molecule has 1 N–H and O–H groups in total. The number of aromatic nitrogens is 1. The number of rotatable bonds is 4. The standard InChI is InChI=1S/C9H12ClNOS/c1-7(12)4-5-13-9-3-2-8(10)6-11-9/h2-3,6-7,12H,4-5H2,1H3. The van der Waals surface area contributed by atoms with E-state index in [9.17, 15) is 0 Å². The summed E-state index contributed by atoms with van der Waals surface area (Å²) in [6.07, 6.45) is 2.18. The Labute approximate surface area is 87.3 Å². The van der Waals surface area contributed by atoms with Gasteiger partial charge in [0, 0.05) is 11.9 Å². The van der Waals surface area contributed by atoms with Crippen molar-refractivity contribution in [3.63, 3.8) is 0 Å². The first-order chi connectivity index (χ1) is 6.18. The van der Waals surface area contributed by atoms with Gasteiger partial charge in [-0.3, -0.25) is 0 Å². The molecule has 0 aliphatic rings. The van der Waals surface area contributed by atoms with E-state index in [1.165, 1.54) is 0 Å². The normalized spacial score (nSPS) is 12.8. The average molecular weight is 218 g/mol. The van der Waals surface area contributed by atoms with Crippen LogP contribution in [-0.2, 0) is 0 Å². The molecule has 0 saturated heterocycles. The van der Waals surface area contributed by atoms with Crippen LogP contribution in [0.2, 0.25) is 5.02 Å². The first kappa shape index (κ1) is 10.8. The van der Waals surface area contributed by atoms with E-state index in [-0.39, 0.29) is 6.10 Å². The van der Waals surface area contributed by atoms with Gasteiger partial charge < -0.3 is 5.11 Å². The van der Waals surface area contributed by atoms with Crippen molar-refractivity contribution in [2.75, 3.05) is 5.75 Å². The van der Waals surface area contributed by atoms with Crippen molar-refractivity contribution in [1.82, 2.24) is 4.98 Å². The van der Waals surface area contributed by atoms with Gasteiger partial charge in [-0.1, -0.05) is 11.6 Å². The molecule has 0 radical (unpaired) electrons. The van der Waals surface area contributed by atoms with Crippen LogP contribution >= 0.6 is 23.4 Å². The summed E-state index contributed by atoms with van der Waals surface area (Å²) in [6.45, 7) is 1.79. The Morgan fingerprint density at radius 1 is 1.62 bits per heavy atom. The Balaban J connectivity index is 2.33. The summed E-state index contributed by atoms with van der Waals surface area (Å²) in [5.74, 6) is 0.881. The van der Waals surface area contributed by atoms with Crippen LogP contribution in [0.3, 0.4) is 0 Å². The molecule has 0 aliphatic carbocycles. The summed E-state index contributed by atoms with van der Waals surface area (Å²) in [4.78, 5) is 4.12. The molecule has 1 unspecified atom stereocenters. The highest BCUT2D eigenvalue weighted by atomic mass is 35.5. The quantitative estimate of drug-likeness (QED) is 0.788. The summed E-state index contributed by atoms with van der Waals surface area (Å²) in [5.41, 5.74) is 0. The van der Waals surface area contributed by atoms with Gasteiger partial charge in [-0.25, -0.2) is 4.98 Å². The molecule has 2 nitrogen and oxygen atoms in total. The predicted molar refractivity (Wildman–Crippen MR) is 56.3 cm³/mol. The van der Waals surface area contributed by atoms with Gasteiger partial charge in [-0.05, 0) is 25.5 Å². The number of aliphatic hydroxyl groups excluding tert-OH is 1. The second kappa shape index (κ2) is 5.47. The zero-order valence-electron chi connectivity index (χ0n) is 7.40. The SMILES string of the molecule is CC(O)CCSc1ccc(Cl)cn1. The lowest BCUT2D eigenvalue weighted by molar-refractivity contribution is 0.192. The van der Waals surface area contributed by atoms with Crippen LogP contribution < -0.4 is 0 Å². The van der Waals surface area contributed by atoms with E-state index in [1.54, 1.807) is 24.9 Å². The molecule has 1 atom stereocenters. The third-order valence-electron chi connectivity index (χ3n) is 1.49. The molecule has 0 aliphatic heterocycles. The molecule has 0 spiro atoms. The van der Waals surface area contributed by atoms with E-state index in [0.29, 0.717) is 5.02 Å². The van der Waals surface area contributed by atoms with Gasteiger partial charge >= 0.3 is 0 Å². The molecule has 1 heterocycles. The van der Waals surface area contributed by atoms with Crippen molar-refractivity contribution in [2.45, 2.75) is 24.5 Å². The van der Waals surface area contributed by atoms with Crippen molar-refractivity contribution in [3.8, 4) is 0 Å². The molecular formula is C9H12ClNOS. The molecule has 0 saturated carbocycles. The summed E-state index contributed by atoms with van der Waals surface area (Å²) >= 11 is 7.31. The second-order valence-electron chi connectivity index (χ2n) is 2.80. The fourth-order valence-electron chi connectivity index (χ4n) is 0.782. The summed E-state index contributed by atoms with van der Waals surface area (Å²) in [5, 5.41) is 10.6. The first-order valence-electron chi connectivity index (χ1n) is 4.11. The highest BCUT2D eigenvalue weighted by Crippen LogP contribution is 2.18. The lowest BCUT2D eigenvalue weighted by atomic mass is 10.3. The van der Waals surface area contributed by atoms with E-state index < -0.39 is 0 Å². The Kier molecular flexibility index (Phi) is 4.56. The van der Waals surface area contributed by atoms with E-state index in [2.05, 4.69) is 4.98 Å². The zero-order valence-corrected chi connectivity index (χ0v) is 8.98. The molecule has 4 heteroatoms. The Morgan fingerprint density at radius 3 is 2.92 bits per heavy atom. The van der Waals surface area contributed by atoms with Crippen LogP contribution in [0, 0.1) is 0 Å². The number of nitrogens with zero attached hydrogens (tertiary/aromatic N) is 1. The fraction of sp³-hybridized carbons (Fsp3) is 0.444. The summed E-state index contributed by atoms with van der Waals surface area (Å²) in [6, 6.07) is 3.70. The fourth-order valence-corrected chi connectivity index (χ4v) is 1.85. The zero-order chi connectivity index (χ0) is 9.68. The second-order valence-corrected chi connectivity index (χ2v) is 4.35. The van der Waals surface area contributed by atoms with E-state index in [0.717, 1.165) is 17.2 Å². The van der Waals surface area contributed by atoms with Gasteiger partial charge in [0.25, 0.3) is 0 Å². The van der Waals surface area contributed by atoms with E-state index in [4.69, 9.17) is 16.7 Å². The maximum atomic E-state index is 9.02. The van der Waals surface area contributed by atoms with Crippen molar-refractivity contribution in [1.29, 1.82) is 0 Å². The smallest absolute Gasteiger partial charge is 0.0960 e. The minimum Gasteiger partial charge on any atom is -0.393 e. The maximum absolute atomic E-state index is 9.02. The molecule has 0 amide bonds. The third-order valence-corrected chi connectivity index (χ3v) is 2.69. The number of thioether (sulfide) groups is 1. The maximum Gasteiger partial charge on any atom is 0.0960 e. The minimum atomic E-state index is -0.236. The molecule has 0 fully saturated rings. The lowest BCUT2D eigenvalue weighted by Crippen LogP contribution is -2.00. The van der Waals surface area contributed by atoms with Crippen molar-refractivity contribution >= 4 is 23.4 Å². The van der Waals surface area contributed by atoms with Crippen molar-refractivity contribution < 1.29 is 5.11 Å². The molecule has 0 aromatic carbocycles. The molecule has 72 valence electrons. The Bertz CT molecular complexity index is 250. The molecule has 13 heavy (non-hydrogen) atoms. The first-order valence-corrected chi connectivity index (χ1v) is 5.47. The minimum absolute atomic E-state index is 0.236. The highest BCUT2D eigenvalue weighted by Gasteiger charge is 1.98. The molecule has 0 bridgehead atoms. The Hall–Kier alpha value is -0.250. The number of aliphatic hydroxyl groups is 1. The summed E-state index contributed by atoms with van der Waals surface area (Å²) in [7, 11) is 0. The topological polar surface area (TPSA) is 33.1 Å². The van der Waals surface area contributed by atoms with Gasteiger partial charge in [0.15, 0.2) is 0 Å². The number of halogens is 1. The van der Waals surface area contributed by atoms with E-state index >= 15 is 0 Å².